The zero-order chi connectivity index (χ0) is 15.2. The minimum Gasteiger partial charge on any atom is -0.461 e. The first-order valence-electron chi connectivity index (χ1n) is 6.87. The summed E-state index contributed by atoms with van der Waals surface area (Å²) in [5, 5.41) is 16.1. The van der Waals surface area contributed by atoms with Crippen LogP contribution in [0.2, 0.25) is 0 Å². The van der Waals surface area contributed by atoms with E-state index in [2.05, 4.69) is 15.5 Å². The largest absolute Gasteiger partial charge is 0.461 e. The second-order valence-electron chi connectivity index (χ2n) is 5.10. The number of aryl methyl sites for hydroxylation is 1. The van der Waals surface area contributed by atoms with Crippen molar-refractivity contribution in [2.24, 2.45) is 5.92 Å². The van der Waals surface area contributed by atoms with Crippen LogP contribution in [0.1, 0.15) is 26.2 Å². The van der Waals surface area contributed by atoms with E-state index in [1.165, 1.54) is 6.26 Å². The van der Waals surface area contributed by atoms with Crippen LogP contribution in [0.15, 0.2) is 27.3 Å². The normalized spacial score (nSPS) is 12.6. The molecule has 1 atom stereocenters. The molecule has 0 spiro atoms. The lowest BCUT2D eigenvalue weighted by Crippen LogP contribution is -2.34. The molecule has 0 saturated heterocycles. The van der Waals surface area contributed by atoms with E-state index < -0.39 is 6.10 Å². The van der Waals surface area contributed by atoms with Gasteiger partial charge in [0.15, 0.2) is 5.76 Å². The van der Waals surface area contributed by atoms with Gasteiger partial charge < -0.3 is 19.4 Å². The number of nitrogens with zero attached hydrogens (tertiary/aromatic N) is 2. The Labute approximate surface area is 122 Å². The standard InChI is InChI=1S/C14H19N3O4/c1-9(2)10(18)8-15-12(19)5-6-13-16-14(17-21-13)11-4-3-7-20-11/h3-4,7,9-10,18H,5-6,8H2,1-2H3,(H,15,19). The van der Waals surface area contributed by atoms with E-state index in [0.29, 0.717) is 23.9 Å². The van der Waals surface area contributed by atoms with Gasteiger partial charge in [-0.15, -0.1) is 0 Å². The van der Waals surface area contributed by atoms with Gasteiger partial charge in [0.05, 0.1) is 12.4 Å². The minimum absolute atomic E-state index is 0.108. The zero-order valence-electron chi connectivity index (χ0n) is 12.1. The van der Waals surface area contributed by atoms with Gasteiger partial charge in [-0.3, -0.25) is 4.79 Å². The van der Waals surface area contributed by atoms with Crippen molar-refractivity contribution in [3.8, 4) is 11.6 Å². The molecule has 0 aromatic carbocycles. The molecule has 2 N–H and O–H groups in total. The van der Waals surface area contributed by atoms with Gasteiger partial charge in [0.2, 0.25) is 17.6 Å². The van der Waals surface area contributed by atoms with Crippen LogP contribution in [-0.4, -0.2) is 33.8 Å². The van der Waals surface area contributed by atoms with Crippen LogP contribution >= 0.6 is 0 Å². The molecular formula is C14H19N3O4. The topological polar surface area (TPSA) is 101 Å². The Bertz CT molecular complexity index is 563. The molecule has 114 valence electrons. The van der Waals surface area contributed by atoms with Crippen LogP contribution in [-0.2, 0) is 11.2 Å². The van der Waals surface area contributed by atoms with Crippen molar-refractivity contribution in [3.05, 3.63) is 24.3 Å². The molecule has 0 saturated carbocycles. The number of carbonyl (C=O) groups excluding carboxylic acids is 1. The Kier molecular flexibility index (Phi) is 5.10. The fourth-order valence-corrected chi connectivity index (χ4v) is 1.63. The molecule has 2 heterocycles. The van der Waals surface area contributed by atoms with E-state index in [4.69, 9.17) is 8.94 Å². The highest BCUT2D eigenvalue weighted by atomic mass is 16.5. The van der Waals surface area contributed by atoms with E-state index in [-0.39, 0.29) is 24.8 Å². The third-order valence-electron chi connectivity index (χ3n) is 3.05. The lowest BCUT2D eigenvalue weighted by atomic mass is 10.1. The highest BCUT2D eigenvalue weighted by molar-refractivity contribution is 5.76. The van der Waals surface area contributed by atoms with Crippen LogP contribution in [0.3, 0.4) is 0 Å². The summed E-state index contributed by atoms with van der Waals surface area (Å²) < 4.78 is 10.2. The maximum absolute atomic E-state index is 11.6. The predicted molar refractivity (Wildman–Crippen MR) is 74.2 cm³/mol. The number of aliphatic hydroxyl groups is 1. The fraction of sp³-hybridized carbons (Fsp3) is 0.500. The van der Waals surface area contributed by atoms with E-state index in [1.807, 2.05) is 13.8 Å². The molecule has 2 rings (SSSR count). The van der Waals surface area contributed by atoms with Gasteiger partial charge in [-0.05, 0) is 18.1 Å². The minimum atomic E-state index is -0.539. The number of nitrogens with one attached hydrogen (secondary N) is 1. The maximum Gasteiger partial charge on any atom is 0.238 e. The van der Waals surface area contributed by atoms with E-state index in [1.54, 1.807) is 12.1 Å². The number of amides is 1. The first kappa shape index (κ1) is 15.2. The zero-order valence-corrected chi connectivity index (χ0v) is 12.1. The molecule has 0 radical (unpaired) electrons. The van der Waals surface area contributed by atoms with Crippen LogP contribution in [0.5, 0.6) is 0 Å². The number of rotatable bonds is 7. The lowest BCUT2D eigenvalue weighted by Gasteiger charge is -2.14. The van der Waals surface area contributed by atoms with Crippen molar-refractivity contribution < 1.29 is 18.8 Å². The van der Waals surface area contributed by atoms with Crippen molar-refractivity contribution in [3.63, 3.8) is 0 Å². The van der Waals surface area contributed by atoms with Gasteiger partial charge in [-0.25, -0.2) is 0 Å². The smallest absolute Gasteiger partial charge is 0.238 e. The SMILES string of the molecule is CC(C)C(O)CNC(=O)CCc1nc(-c2ccco2)no1. The summed E-state index contributed by atoms with van der Waals surface area (Å²) in [7, 11) is 0. The number of aliphatic hydroxyl groups excluding tert-OH is 1. The molecule has 0 aliphatic rings. The molecule has 2 aromatic rings. The van der Waals surface area contributed by atoms with Gasteiger partial charge in [-0.1, -0.05) is 19.0 Å². The number of furan rings is 1. The summed E-state index contributed by atoms with van der Waals surface area (Å²) in [6.45, 7) is 4.04. The first-order chi connectivity index (χ1) is 10.1. The van der Waals surface area contributed by atoms with Gasteiger partial charge in [0.25, 0.3) is 0 Å². The first-order valence-corrected chi connectivity index (χ1v) is 6.87. The van der Waals surface area contributed by atoms with Crippen LogP contribution < -0.4 is 5.32 Å². The molecular weight excluding hydrogens is 274 g/mol. The summed E-state index contributed by atoms with van der Waals surface area (Å²) in [6, 6.07) is 3.47. The van der Waals surface area contributed by atoms with Crippen molar-refractivity contribution in [2.45, 2.75) is 32.8 Å². The second-order valence-corrected chi connectivity index (χ2v) is 5.10. The third kappa shape index (κ3) is 4.42. The number of aromatic nitrogens is 2. The molecule has 0 aliphatic carbocycles. The summed E-state index contributed by atoms with van der Waals surface area (Å²) >= 11 is 0. The monoisotopic (exact) mass is 293 g/mol. The maximum atomic E-state index is 11.6. The molecule has 0 fully saturated rings. The van der Waals surface area contributed by atoms with E-state index in [9.17, 15) is 9.90 Å². The van der Waals surface area contributed by atoms with E-state index in [0.717, 1.165) is 0 Å². The Balaban J connectivity index is 1.77. The van der Waals surface area contributed by atoms with Crippen LogP contribution in [0, 0.1) is 5.92 Å². The fourth-order valence-electron chi connectivity index (χ4n) is 1.63. The molecule has 0 bridgehead atoms. The molecule has 7 heteroatoms. The third-order valence-corrected chi connectivity index (χ3v) is 3.05. The highest BCUT2D eigenvalue weighted by Gasteiger charge is 2.14. The summed E-state index contributed by atoms with van der Waals surface area (Å²) in [5.41, 5.74) is 0. The predicted octanol–water partition coefficient (Wildman–Crippen LogP) is 1.40. The molecule has 1 amide bonds. The summed E-state index contributed by atoms with van der Waals surface area (Å²) in [6.07, 6.45) is 1.56. The molecule has 1 unspecified atom stereocenters. The average molecular weight is 293 g/mol. The van der Waals surface area contributed by atoms with Crippen molar-refractivity contribution in [1.29, 1.82) is 0 Å². The molecule has 21 heavy (non-hydrogen) atoms. The van der Waals surface area contributed by atoms with Crippen molar-refractivity contribution >= 4 is 5.91 Å². The van der Waals surface area contributed by atoms with Gasteiger partial charge in [-0.2, -0.15) is 4.98 Å². The quantitative estimate of drug-likeness (QED) is 0.800. The molecule has 7 nitrogen and oxygen atoms in total. The highest BCUT2D eigenvalue weighted by Crippen LogP contribution is 2.16. The Morgan fingerprint density at radius 2 is 2.29 bits per heavy atom. The Morgan fingerprint density at radius 1 is 1.48 bits per heavy atom. The second kappa shape index (κ2) is 7.03. The van der Waals surface area contributed by atoms with Gasteiger partial charge in [0.1, 0.15) is 0 Å². The number of hydrogen-bond acceptors (Lipinski definition) is 6. The van der Waals surface area contributed by atoms with E-state index >= 15 is 0 Å². The number of hydrogen-bond donors (Lipinski definition) is 2. The van der Waals surface area contributed by atoms with Crippen molar-refractivity contribution in [1.82, 2.24) is 15.5 Å². The average Bonchev–Trinajstić information content (AvgIpc) is 3.12. The van der Waals surface area contributed by atoms with Crippen LogP contribution in [0.25, 0.3) is 11.6 Å². The van der Waals surface area contributed by atoms with Gasteiger partial charge >= 0.3 is 0 Å². The summed E-state index contributed by atoms with van der Waals surface area (Å²) in [4.78, 5) is 15.8. The van der Waals surface area contributed by atoms with Gasteiger partial charge in [0, 0.05) is 19.4 Å². The lowest BCUT2D eigenvalue weighted by molar-refractivity contribution is -0.121. The number of carbonyl (C=O) groups is 1. The molecule has 2 aromatic heterocycles. The molecule has 0 aliphatic heterocycles. The Morgan fingerprint density at radius 3 is 2.95 bits per heavy atom. The van der Waals surface area contributed by atoms with Crippen LogP contribution in [0.4, 0.5) is 0 Å². The summed E-state index contributed by atoms with van der Waals surface area (Å²) in [5.74, 6) is 1.21. The van der Waals surface area contributed by atoms with Crippen molar-refractivity contribution in [2.75, 3.05) is 6.54 Å². The Hall–Kier alpha value is -2.15.